The SMILES string of the molecule is NC[C@@H](N)Oc1cccc(OCC2CCCCCC2)c1. The van der Waals surface area contributed by atoms with Crippen LogP contribution in [0.15, 0.2) is 24.3 Å². The lowest BCUT2D eigenvalue weighted by molar-refractivity contribution is 0.212. The summed E-state index contributed by atoms with van der Waals surface area (Å²) < 4.78 is 11.4. The molecule has 4 N–H and O–H groups in total. The second-order valence-corrected chi connectivity index (χ2v) is 5.54. The van der Waals surface area contributed by atoms with E-state index in [0.717, 1.165) is 12.4 Å². The van der Waals surface area contributed by atoms with Crippen LogP contribution in [-0.4, -0.2) is 19.4 Å². The maximum absolute atomic E-state index is 5.90. The van der Waals surface area contributed by atoms with Gasteiger partial charge in [-0.05, 0) is 30.9 Å². The molecule has 0 saturated heterocycles. The largest absolute Gasteiger partial charge is 0.493 e. The topological polar surface area (TPSA) is 70.5 Å². The van der Waals surface area contributed by atoms with Crippen molar-refractivity contribution in [3.05, 3.63) is 24.3 Å². The van der Waals surface area contributed by atoms with Crippen LogP contribution in [-0.2, 0) is 0 Å². The Bertz CT molecular complexity index is 390. The van der Waals surface area contributed by atoms with Gasteiger partial charge in [-0.25, -0.2) is 0 Å². The normalized spacial score (nSPS) is 18.3. The van der Waals surface area contributed by atoms with Crippen LogP contribution in [0.5, 0.6) is 11.5 Å². The molecule has 112 valence electrons. The zero-order chi connectivity index (χ0) is 14.2. The molecule has 20 heavy (non-hydrogen) atoms. The van der Waals surface area contributed by atoms with Crippen molar-refractivity contribution < 1.29 is 9.47 Å². The van der Waals surface area contributed by atoms with Gasteiger partial charge in [-0.2, -0.15) is 0 Å². The molecule has 2 rings (SSSR count). The Morgan fingerprint density at radius 1 is 1.10 bits per heavy atom. The van der Waals surface area contributed by atoms with E-state index in [1.54, 1.807) is 0 Å². The summed E-state index contributed by atoms with van der Waals surface area (Å²) in [6, 6.07) is 7.62. The first-order valence-corrected chi connectivity index (χ1v) is 7.63. The van der Waals surface area contributed by atoms with Gasteiger partial charge in [0.05, 0.1) is 6.61 Å². The average Bonchev–Trinajstić information content (AvgIpc) is 2.74. The van der Waals surface area contributed by atoms with E-state index in [4.69, 9.17) is 20.9 Å². The fourth-order valence-corrected chi connectivity index (χ4v) is 2.60. The molecule has 0 heterocycles. The van der Waals surface area contributed by atoms with Crippen LogP contribution in [0.25, 0.3) is 0 Å². The highest BCUT2D eigenvalue weighted by Gasteiger charge is 2.13. The number of nitrogens with two attached hydrogens (primary N) is 2. The van der Waals surface area contributed by atoms with E-state index in [0.29, 0.717) is 18.2 Å². The van der Waals surface area contributed by atoms with Crippen LogP contribution in [0, 0.1) is 5.92 Å². The monoisotopic (exact) mass is 278 g/mol. The van der Waals surface area contributed by atoms with Crippen molar-refractivity contribution in [2.45, 2.75) is 44.8 Å². The molecule has 1 aromatic rings. The zero-order valence-corrected chi connectivity index (χ0v) is 12.1. The van der Waals surface area contributed by atoms with Crippen molar-refractivity contribution in [2.75, 3.05) is 13.2 Å². The van der Waals surface area contributed by atoms with E-state index in [9.17, 15) is 0 Å². The first-order valence-electron chi connectivity index (χ1n) is 7.63. The molecule has 1 fully saturated rings. The van der Waals surface area contributed by atoms with Crippen molar-refractivity contribution in [3.63, 3.8) is 0 Å². The summed E-state index contributed by atoms with van der Waals surface area (Å²) in [6.07, 6.45) is 7.52. The average molecular weight is 278 g/mol. The summed E-state index contributed by atoms with van der Waals surface area (Å²) in [6.45, 7) is 1.10. The molecule has 0 radical (unpaired) electrons. The lowest BCUT2D eigenvalue weighted by atomic mass is 10.0. The molecule has 1 aromatic carbocycles. The van der Waals surface area contributed by atoms with Crippen molar-refractivity contribution >= 4 is 0 Å². The van der Waals surface area contributed by atoms with E-state index < -0.39 is 6.23 Å². The summed E-state index contributed by atoms with van der Waals surface area (Å²) in [5.41, 5.74) is 11.1. The van der Waals surface area contributed by atoms with Crippen LogP contribution in [0.3, 0.4) is 0 Å². The van der Waals surface area contributed by atoms with Crippen LogP contribution >= 0.6 is 0 Å². The van der Waals surface area contributed by atoms with Crippen molar-refractivity contribution in [3.8, 4) is 11.5 Å². The predicted octanol–water partition coefficient (Wildman–Crippen LogP) is 2.66. The second-order valence-electron chi connectivity index (χ2n) is 5.54. The van der Waals surface area contributed by atoms with Gasteiger partial charge in [0.25, 0.3) is 0 Å². The Morgan fingerprint density at radius 2 is 1.80 bits per heavy atom. The van der Waals surface area contributed by atoms with E-state index in [-0.39, 0.29) is 0 Å². The summed E-state index contributed by atoms with van der Waals surface area (Å²) in [4.78, 5) is 0. The fraction of sp³-hybridized carbons (Fsp3) is 0.625. The summed E-state index contributed by atoms with van der Waals surface area (Å²) >= 11 is 0. The van der Waals surface area contributed by atoms with Gasteiger partial charge >= 0.3 is 0 Å². The van der Waals surface area contributed by atoms with Crippen LogP contribution in [0.2, 0.25) is 0 Å². The molecule has 1 aliphatic rings. The number of benzene rings is 1. The highest BCUT2D eigenvalue weighted by Crippen LogP contribution is 2.25. The number of hydrogen-bond acceptors (Lipinski definition) is 4. The molecule has 4 heteroatoms. The molecule has 0 unspecified atom stereocenters. The minimum atomic E-state index is -0.466. The summed E-state index contributed by atoms with van der Waals surface area (Å²) in [5, 5.41) is 0. The summed E-state index contributed by atoms with van der Waals surface area (Å²) in [5.74, 6) is 2.24. The number of hydrogen-bond donors (Lipinski definition) is 2. The molecule has 0 amide bonds. The third kappa shape index (κ3) is 5.02. The molecule has 1 saturated carbocycles. The smallest absolute Gasteiger partial charge is 0.160 e. The van der Waals surface area contributed by atoms with Gasteiger partial charge in [-0.3, -0.25) is 5.73 Å². The Labute approximate surface area is 121 Å². The van der Waals surface area contributed by atoms with Gasteiger partial charge in [-0.15, -0.1) is 0 Å². The Kier molecular flexibility index (Phi) is 6.15. The van der Waals surface area contributed by atoms with E-state index in [2.05, 4.69) is 0 Å². The maximum Gasteiger partial charge on any atom is 0.160 e. The first-order chi connectivity index (χ1) is 9.78. The van der Waals surface area contributed by atoms with Gasteiger partial charge in [-0.1, -0.05) is 31.7 Å². The third-order valence-electron chi connectivity index (χ3n) is 3.79. The molecular formula is C16H26N2O2. The van der Waals surface area contributed by atoms with Crippen LogP contribution < -0.4 is 20.9 Å². The lowest BCUT2D eigenvalue weighted by Gasteiger charge is -2.16. The minimum Gasteiger partial charge on any atom is -0.493 e. The predicted molar refractivity (Wildman–Crippen MR) is 80.8 cm³/mol. The zero-order valence-electron chi connectivity index (χ0n) is 12.1. The number of rotatable bonds is 6. The standard InChI is InChI=1S/C16H26N2O2/c17-11-16(18)20-15-9-5-8-14(10-15)19-12-13-6-3-1-2-4-7-13/h5,8-10,13,16H,1-4,6-7,11-12,17-18H2/t16-/m0/s1. The molecule has 0 spiro atoms. The number of ether oxygens (including phenoxy) is 2. The maximum atomic E-state index is 5.90. The van der Waals surface area contributed by atoms with E-state index in [1.165, 1.54) is 38.5 Å². The van der Waals surface area contributed by atoms with Gasteiger partial charge in [0.15, 0.2) is 6.23 Å². The lowest BCUT2D eigenvalue weighted by Crippen LogP contribution is -2.35. The van der Waals surface area contributed by atoms with Gasteiger partial charge in [0, 0.05) is 12.6 Å². The van der Waals surface area contributed by atoms with Gasteiger partial charge < -0.3 is 15.2 Å². The molecule has 1 aliphatic carbocycles. The Morgan fingerprint density at radius 3 is 2.50 bits per heavy atom. The van der Waals surface area contributed by atoms with Gasteiger partial charge in [0.1, 0.15) is 11.5 Å². The molecule has 4 nitrogen and oxygen atoms in total. The third-order valence-corrected chi connectivity index (χ3v) is 3.79. The first kappa shape index (κ1) is 15.1. The Balaban J connectivity index is 1.84. The highest BCUT2D eigenvalue weighted by molar-refractivity contribution is 5.33. The van der Waals surface area contributed by atoms with Crippen molar-refractivity contribution in [1.82, 2.24) is 0 Å². The van der Waals surface area contributed by atoms with Crippen molar-refractivity contribution in [1.29, 1.82) is 0 Å². The molecule has 0 aromatic heterocycles. The fourth-order valence-electron chi connectivity index (χ4n) is 2.60. The quantitative estimate of drug-likeness (QED) is 0.620. The van der Waals surface area contributed by atoms with Crippen LogP contribution in [0.1, 0.15) is 38.5 Å². The summed E-state index contributed by atoms with van der Waals surface area (Å²) in [7, 11) is 0. The van der Waals surface area contributed by atoms with Crippen molar-refractivity contribution in [2.24, 2.45) is 17.4 Å². The van der Waals surface area contributed by atoms with Gasteiger partial charge in [0.2, 0.25) is 0 Å². The second kappa shape index (κ2) is 8.12. The molecular weight excluding hydrogens is 252 g/mol. The Hall–Kier alpha value is -1.26. The molecule has 0 aliphatic heterocycles. The minimum absolute atomic E-state index is 0.299. The van der Waals surface area contributed by atoms with E-state index >= 15 is 0 Å². The van der Waals surface area contributed by atoms with Crippen LogP contribution in [0.4, 0.5) is 0 Å². The highest BCUT2D eigenvalue weighted by atomic mass is 16.5. The molecule has 1 atom stereocenters. The molecule has 0 bridgehead atoms. The van der Waals surface area contributed by atoms with E-state index in [1.807, 2.05) is 24.3 Å².